The van der Waals surface area contributed by atoms with E-state index in [4.69, 9.17) is 0 Å². The third-order valence-corrected chi connectivity index (χ3v) is 4.52. The zero-order valence-corrected chi connectivity index (χ0v) is 16.1. The van der Waals surface area contributed by atoms with E-state index in [-0.39, 0.29) is 11.3 Å². The molecule has 1 N–H and O–H groups in total. The number of benzene rings is 3. The number of nitro groups is 1. The van der Waals surface area contributed by atoms with Crippen molar-refractivity contribution in [3.05, 3.63) is 111 Å². The van der Waals surface area contributed by atoms with Gasteiger partial charge in [0, 0.05) is 17.7 Å². The highest BCUT2D eigenvalue weighted by Crippen LogP contribution is 2.21. The molecule has 0 unspecified atom stereocenters. The minimum Gasteiger partial charge on any atom is -0.342 e. The van der Waals surface area contributed by atoms with Gasteiger partial charge in [0.2, 0.25) is 0 Å². The van der Waals surface area contributed by atoms with Crippen LogP contribution in [0.15, 0.2) is 78.9 Å². The number of hydrogen-bond acceptors (Lipinski definition) is 4. The first kappa shape index (κ1) is 20.7. The second-order valence-electron chi connectivity index (χ2n) is 6.68. The zero-order chi connectivity index (χ0) is 21.3. The van der Waals surface area contributed by atoms with E-state index in [0.717, 1.165) is 11.1 Å². The molecule has 1 amide bonds. The maximum atomic E-state index is 12.8. The molecule has 6 heteroatoms. The van der Waals surface area contributed by atoms with Gasteiger partial charge in [0.05, 0.1) is 11.0 Å². The van der Waals surface area contributed by atoms with Crippen LogP contribution in [0.4, 0.5) is 5.69 Å². The van der Waals surface area contributed by atoms with Crippen molar-refractivity contribution in [1.29, 1.82) is 0 Å². The Bertz CT molecular complexity index is 1060. The summed E-state index contributed by atoms with van der Waals surface area (Å²) >= 11 is 0. The van der Waals surface area contributed by atoms with Gasteiger partial charge in [-0.05, 0) is 29.2 Å². The summed E-state index contributed by atoms with van der Waals surface area (Å²) in [5, 5.41) is 13.9. The van der Waals surface area contributed by atoms with E-state index < -0.39 is 16.9 Å². The molecule has 3 rings (SSSR count). The molecule has 30 heavy (non-hydrogen) atoms. The lowest BCUT2D eigenvalue weighted by Gasteiger charge is -2.14. The third kappa shape index (κ3) is 5.48. The highest BCUT2D eigenvalue weighted by atomic mass is 16.6. The number of hydrogen-bond donors (Lipinski definition) is 1. The number of carbonyl (C=O) groups is 2. The highest BCUT2D eigenvalue weighted by molar-refractivity contribution is 6.00. The minimum atomic E-state index is -0.707. The standard InChI is InChI=1S/C24H20N2O4/c27-17-21(15-19-9-5-2-6-10-19)25-24(28)23-14-13-22(26(29)30)16-20(23)12-11-18-7-3-1-4-8-18/h1-14,16-17,21H,15H2,(H,25,28)/b12-11+/t21-/m0/s1. The Kier molecular flexibility index (Phi) is 6.84. The molecule has 0 saturated carbocycles. The van der Waals surface area contributed by atoms with Crippen LogP contribution in [0.3, 0.4) is 0 Å². The van der Waals surface area contributed by atoms with Crippen molar-refractivity contribution in [2.24, 2.45) is 0 Å². The molecule has 150 valence electrons. The molecule has 0 spiro atoms. The van der Waals surface area contributed by atoms with E-state index in [9.17, 15) is 19.7 Å². The Morgan fingerprint density at radius 2 is 1.63 bits per heavy atom. The molecule has 0 saturated heterocycles. The smallest absolute Gasteiger partial charge is 0.270 e. The average Bonchev–Trinajstić information content (AvgIpc) is 2.78. The maximum Gasteiger partial charge on any atom is 0.270 e. The van der Waals surface area contributed by atoms with Gasteiger partial charge in [-0.15, -0.1) is 0 Å². The zero-order valence-electron chi connectivity index (χ0n) is 16.1. The van der Waals surface area contributed by atoms with Gasteiger partial charge in [0.1, 0.15) is 6.29 Å². The number of nitrogens with one attached hydrogen (secondary N) is 1. The molecule has 3 aromatic rings. The summed E-state index contributed by atoms with van der Waals surface area (Å²) in [6.45, 7) is 0. The van der Waals surface area contributed by atoms with E-state index in [1.165, 1.54) is 18.2 Å². The van der Waals surface area contributed by atoms with E-state index in [1.807, 2.05) is 60.7 Å². The third-order valence-electron chi connectivity index (χ3n) is 4.52. The molecule has 3 aromatic carbocycles. The Labute approximate surface area is 174 Å². The van der Waals surface area contributed by atoms with Crippen molar-refractivity contribution in [1.82, 2.24) is 5.32 Å². The van der Waals surface area contributed by atoms with Crippen LogP contribution in [-0.2, 0) is 11.2 Å². The number of carbonyl (C=O) groups excluding carboxylic acids is 2. The molecule has 0 heterocycles. The Hall–Kier alpha value is -4.06. The van der Waals surface area contributed by atoms with Crippen molar-refractivity contribution in [2.75, 3.05) is 0 Å². The average molecular weight is 400 g/mol. The fourth-order valence-electron chi connectivity index (χ4n) is 3.01. The maximum absolute atomic E-state index is 12.8. The van der Waals surface area contributed by atoms with Gasteiger partial charge in [-0.25, -0.2) is 0 Å². The Morgan fingerprint density at radius 1 is 0.967 bits per heavy atom. The molecule has 0 aliphatic rings. The summed E-state index contributed by atoms with van der Waals surface area (Å²) in [5.41, 5.74) is 2.35. The molecule has 6 nitrogen and oxygen atoms in total. The highest BCUT2D eigenvalue weighted by Gasteiger charge is 2.18. The number of amides is 1. The topological polar surface area (TPSA) is 89.3 Å². The second kappa shape index (κ2) is 9.93. The number of aldehydes is 1. The molecule has 0 aliphatic heterocycles. The van der Waals surface area contributed by atoms with Crippen LogP contribution in [0.1, 0.15) is 27.0 Å². The predicted octanol–water partition coefficient (Wildman–Crippen LogP) is 4.31. The van der Waals surface area contributed by atoms with Gasteiger partial charge < -0.3 is 10.1 Å². The van der Waals surface area contributed by atoms with Gasteiger partial charge in [-0.2, -0.15) is 0 Å². The summed E-state index contributed by atoms with van der Waals surface area (Å²) in [6, 6.07) is 22.1. The quantitative estimate of drug-likeness (QED) is 0.264. The van der Waals surface area contributed by atoms with Crippen LogP contribution in [0.5, 0.6) is 0 Å². The predicted molar refractivity (Wildman–Crippen MR) is 116 cm³/mol. The van der Waals surface area contributed by atoms with Crippen LogP contribution in [0.2, 0.25) is 0 Å². The van der Waals surface area contributed by atoms with E-state index in [1.54, 1.807) is 12.2 Å². The Morgan fingerprint density at radius 3 is 2.27 bits per heavy atom. The molecular weight excluding hydrogens is 380 g/mol. The van der Waals surface area contributed by atoms with Crippen molar-refractivity contribution in [3.8, 4) is 0 Å². The van der Waals surface area contributed by atoms with Crippen molar-refractivity contribution in [3.63, 3.8) is 0 Å². The fourth-order valence-corrected chi connectivity index (χ4v) is 3.01. The fraction of sp³-hybridized carbons (Fsp3) is 0.0833. The number of nitro benzene ring substituents is 1. The van der Waals surface area contributed by atoms with Crippen LogP contribution in [-0.4, -0.2) is 23.2 Å². The first-order valence-corrected chi connectivity index (χ1v) is 9.38. The van der Waals surface area contributed by atoms with Crippen LogP contribution < -0.4 is 5.32 Å². The lowest BCUT2D eigenvalue weighted by Crippen LogP contribution is -2.37. The lowest BCUT2D eigenvalue weighted by atomic mass is 10.0. The Balaban J connectivity index is 1.85. The molecule has 0 bridgehead atoms. The molecular formula is C24H20N2O4. The van der Waals surface area contributed by atoms with E-state index >= 15 is 0 Å². The molecule has 0 aromatic heterocycles. The summed E-state index contributed by atoms with van der Waals surface area (Å²) in [5.74, 6) is -0.467. The summed E-state index contributed by atoms with van der Waals surface area (Å²) in [6.07, 6.45) is 4.48. The lowest BCUT2D eigenvalue weighted by molar-refractivity contribution is -0.384. The monoisotopic (exact) mass is 400 g/mol. The number of non-ortho nitro benzene ring substituents is 1. The molecule has 0 fully saturated rings. The number of nitrogens with zero attached hydrogens (tertiary/aromatic N) is 1. The second-order valence-corrected chi connectivity index (χ2v) is 6.68. The minimum absolute atomic E-state index is 0.115. The molecule has 0 aliphatic carbocycles. The summed E-state index contributed by atoms with van der Waals surface area (Å²) in [7, 11) is 0. The van der Waals surface area contributed by atoms with Gasteiger partial charge >= 0.3 is 0 Å². The SMILES string of the molecule is O=C[C@H](Cc1ccccc1)NC(=O)c1ccc([N+](=O)[O-])cc1/C=C/c1ccccc1. The van der Waals surface area contributed by atoms with Crippen molar-refractivity contribution < 1.29 is 14.5 Å². The summed E-state index contributed by atoms with van der Waals surface area (Å²) < 4.78 is 0. The van der Waals surface area contributed by atoms with Crippen LogP contribution in [0, 0.1) is 10.1 Å². The van der Waals surface area contributed by atoms with Gasteiger partial charge in [-0.3, -0.25) is 14.9 Å². The van der Waals surface area contributed by atoms with Crippen LogP contribution in [0.25, 0.3) is 12.2 Å². The molecule has 1 atom stereocenters. The number of rotatable bonds is 8. The van der Waals surface area contributed by atoms with Gasteiger partial charge in [0.25, 0.3) is 11.6 Å². The van der Waals surface area contributed by atoms with Crippen molar-refractivity contribution in [2.45, 2.75) is 12.5 Å². The molecule has 0 radical (unpaired) electrons. The first-order valence-electron chi connectivity index (χ1n) is 9.38. The van der Waals surface area contributed by atoms with Gasteiger partial charge in [-0.1, -0.05) is 72.8 Å². The normalized spacial score (nSPS) is 11.7. The summed E-state index contributed by atoms with van der Waals surface area (Å²) in [4.78, 5) is 35.0. The van der Waals surface area contributed by atoms with Crippen molar-refractivity contribution >= 4 is 30.0 Å². The van der Waals surface area contributed by atoms with Crippen LogP contribution >= 0.6 is 0 Å². The van der Waals surface area contributed by atoms with E-state index in [0.29, 0.717) is 18.3 Å². The largest absolute Gasteiger partial charge is 0.342 e. The van der Waals surface area contributed by atoms with E-state index in [2.05, 4.69) is 5.32 Å². The van der Waals surface area contributed by atoms with Gasteiger partial charge in [0.15, 0.2) is 0 Å². The first-order chi connectivity index (χ1) is 14.6.